The summed E-state index contributed by atoms with van der Waals surface area (Å²) in [7, 11) is 0. The van der Waals surface area contributed by atoms with Crippen LogP contribution in [0.3, 0.4) is 0 Å². The molecule has 0 saturated carbocycles. The van der Waals surface area contributed by atoms with Gasteiger partial charge in [-0.05, 0) is 95.3 Å². The van der Waals surface area contributed by atoms with E-state index in [1.54, 1.807) is 0 Å². The zero-order valence-corrected chi connectivity index (χ0v) is 28.5. The summed E-state index contributed by atoms with van der Waals surface area (Å²) >= 11 is 0. The zero-order chi connectivity index (χ0) is 33.9. The molecule has 0 fully saturated rings. The van der Waals surface area contributed by atoms with E-state index in [4.69, 9.17) is 0 Å². The van der Waals surface area contributed by atoms with Gasteiger partial charge in [-0.3, -0.25) is 0 Å². The van der Waals surface area contributed by atoms with Crippen LogP contribution in [0.4, 0.5) is 0 Å². The van der Waals surface area contributed by atoms with Crippen molar-refractivity contribution in [3.8, 4) is 39.1 Å². The molecular formula is C49H36N2. The molecule has 0 amide bonds. The summed E-state index contributed by atoms with van der Waals surface area (Å²) < 4.78 is 4.98. The molecule has 0 radical (unpaired) electrons. The van der Waals surface area contributed by atoms with E-state index < -0.39 is 0 Å². The molecule has 2 aromatic heterocycles. The second-order valence-corrected chi connectivity index (χ2v) is 14.0. The molecular weight excluding hydrogens is 617 g/mol. The Hall–Kier alpha value is -6.38. The number of hydrogen-bond donors (Lipinski definition) is 0. The van der Waals surface area contributed by atoms with Crippen molar-refractivity contribution >= 4 is 43.6 Å². The van der Waals surface area contributed by atoms with Gasteiger partial charge in [-0.15, -0.1) is 0 Å². The molecule has 0 N–H and O–H groups in total. The summed E-state index contributed by atoms with van der Waals surface area (Å²) in [6.45, 7) is 2.36. The first-order chi connectivity index (χ1) is 25.1. The van der Waals surface area contributed by atoms with Gasteiger partial charge in [0, 0.05) is 32.7 Å². The quantitative estimate of drug-likeness (QED) is 0.175. The van der Waals surface area contributed by atoms with E-state index in [0.29, 0.717) is 0 Å². The van der Waals surface area contributed by atoms with Crippen LogP contribution < -0.4 is 0 Å². The zero-order valence-electron chi connectivity index (χ0n) is 28.5. The number of hydrogen-bond acceptors (Lipinski definition) is 0. The first-order valence-corrected chi connectivity index (χ1v) is 17.8. The topological polar surface area (TPSA) is 9.86 Å². The lowest BCUT2D eigenvalue weighted by Crippen LogP contribution is -2.27. The maximum absolute atomic E-state index is 2.56. The van der Waals surface area contributed by atoms with Gasteiger partial charge in [0.1, 0.15) is 0 Å². The van der Waals surface area contributed by atoms with E-state index in [1.807, 2.05) is 0 Å². The fourth-order valence-electron chi connectivity index (χ4n) is 8.33. The maximum atomic E-state index is 2.56. The van der Waals surface area contributed by atoms with Crippen molar-refractivity contribution in [3.63, 3.8) is 0 Å². The Morgan fingerprint density at radius 2 is 0.980 bits per heavy atom. The van der Waals surface area contributed by atoms with Crippen LogP contribution in [0, 0.1) is 0 Å². The minimum atomic E-state index is -0.163. The standard InChI is InChI=1S/C49H36N2/c1-49(28-11-4-12-29-49)51-47-27-24-38(32-44(47)42-25-22-39(33-48(42)51)35-16-7-3-8-17-35)37-23-26-46-43(31-37)41-20-9-10-21-45(41)50(46)40-19-13-18-36(30-40)34-14-5-2-6-15-34/h2-28,30-33H,29H2,1H3. The van der Waals surface area contributed by atoms with Crippen molar-refractivity contribution in [1.82, 2.24) is 9.13 Å². The molecule has 1 aliphatic rings. The third-order valence-corrected chi connectivity index (χ3v) is 10.8. The van der Waals surface area contributed by atoms with Crippen LogP contribution in [0.15, 0.2) is 188 Å². The molecule has 7 aromatic carbocycles. The smallest absolute Gasteiger partial charge is 0.0643 e. The molecule has 2 heteroatoms. The summed E-state index contributed by atoms with van der Waals surface area (Å²) in [4.78, 5) is 0. The van der Waals surface area contributed by atoms with E-state index in [-0.39, 0.29) is 5.54 Å². The lowest BCUT2D eigenvalue weighted by Gasteiger charge is -2.31. The number of nitrogens with zero attached hydrogens (tertiary/aromatic N) is 2. The van der Waals surface area contributed by atoms with E-state index in [9.17, 15) is 0 Å². The Labute approximate surface area is 297 Å². The van der Waals surface area contributed by atoms with Gasteiger partial charge < -0.3 is 9.13 Å². The second-order valence-electron chi connectivity index (χ2n) is 14.0. The van der Waals surface area contributed by atoms with Crippen molar-refractivity contribution in [2.75, 3.05) is 0 Å². The van der Waals surface area contributed by atoms with Crippen molar-refractivity contribution in [1.29, 1.82) is 0 Å². The maximum Gasteiger partial charge on any atom is 0.0643 e. The third kappa shape index (κ3) is 4.79. The highest BCUT2D eigenvalue weighted by Crippen LogP contribution is 2.42. The van der Waals surface area contributed by atoms with Crippen LogP contribution in [-0.4, -0.2) is 9.13 Å². The number of aromatic nitrogens is 2. The Balaban J connectivity index is 1.15. The van der Waals surface area contributed by atoms with E-state index in [1.165, 1.54) is 82.7 Å². The van der Waals surface area contributed by atoms with E-state index >= 15 is 0 Å². The second kappa shape index (κ2) is 11.6. The van der Waals surface area contributed by atoms with Crippen LogP contribution in [0.5, 0.6) is 0 Å². The average Bonchev–Trinajstić information content (AvgIpc) is 3.71. The molecule has 10 rings (SSSR count). The van der Waals surface area contributed by atoms with Crippen molar-refractivity contribution < 1.29 is 0 Å². The van der Waals surface area contributed by atoms with Gasteiger partial charge in [-0.1, -0.05) is 140 Å². The van der Waals surface area contributed by atoms with E-state index in [2.05, 4.69) is 204 Å². The molecule has 2 heterocycles. The average molecular weight is 653 g/mol. The van der Waals surface area contributed by atoms with Crippen LogP contribution in [0.2, 0.25) is 0 Å². The van der Waals surface area contributed by atoms with Crippen molar-refractivity contribution in [2.45, 2.75) is 18.9 Å². The molecule has 51 heavy (non-hydrogen) atoms. The minimum Gasteiger partial charge on any atom is -0.331 e. The first-order valence-electron chi connectivity index (χ1n) is 17.8. The highest BCUT2D eigenvalue weighted by Gasteiger charge is 2.28. The highest BCUT2D eigenvalue weighted by atomic mass is 15.1. The van der Waals surface area contributed by atoms with Gasteiger partial charge in [0.15, 0.2) is 0 Å². The number of benzene rings is 7. The summed E-state index contributed by atoms with van der Waals surface area (Å²) in [5, 5.41) is 5.09. The number of rotatable bonds is 5. The van der Waals surface area contributed by atoms with Gasteiger partial charge >= 0.3 is 0 Å². The Kier molecular flexibility index (Phi) is 6.72. The molecule has 9 aromatic rings. The number of para-hydroxylation sites is 1. The fraction of sp³-hybridized carbons (Fsp3) is 0.0612. The molecule has 1 aliphatic carbocycles. The summed E-state index contributed by atoms with van der Waals surface area (Å²) in [5.74, 6) is 0. The minimum absolute atomic E-state index is 0.163. The van der Waals surface area contributed by atoms with Crippen LogP contribution in [0.25, 0.3) is 82.7 Å². The molecule has 0 aliphatic heterocycles. The largest absolute Gasteiger partial charge is 0.331 e. The number of fused-ring (bicyclic) bond motifs is 6. The van der Waals surface area contributed by atoms with Crippen molar-refractivity contribution in [2.24, 2.45) is 0 Å². The molecule has 2 nitrogen and oxygen atoms in total. The van der Waals surface area contributed by atoms with Gasteiger partial charge in [-0.25, -0.2) is 0 Å². The molecule has 0 bridgehead atoms. The molecule has 0 saturated heterocycles. The van der Waals surface area contributed by atoms with Gasteiger partial charge in [0.25, 0.3) is 0 Å². The lowest BCUT2D eigenvalue weighted by atomic mass is 9.92. The molecule has 1 unspecified atom stereocenters. The summed E-state index contributed by atoms with van der Waals surface area (Å²) in [6.07, 6.45) is 9.95. The third-order valence-electron chi connectivity index (χ3n) is 10.8. The predicted molar refractivity (Wildman–Crippen MR) is 217 cm³/mol. The van der Waals surface area contributed by atoms with E-state index in [0.717, 1.165) is 6.42 Å². The van der Waals surface area contributed by atoms with Gasteiger partial charge in [-0.2, -0.15) is 0 Å². The van der Waals surface area contributed by atoms with Gasteiger partial charge in [0.2, 0.25) is 0 Å². The Morgan fingerprint density at radius 3 is 1.71 bits per heavy atom. The highest BCUT2D eigenvalue weighted by molar-refractivity contribution is 6.12. The molecule has 0 spiro atoms. The summed E-state index contributed by atoms with van der Waals surface area (Å²) in [5.41, 5.74) is 13.3. The van der Waals surface area contributed by atoms with Crippen molar-refractivity contribution in [3.05, 3.63) is 188 Å². The SMILES string of the molecule is CC1(n2c3ccc(-c4ccc5c(c4)c4ccccc4n5-c4cccc(-c5ccccc5)c4)cc3c3ccc(-c4ccccc4)cc32)C=CC=CC1. The number of allylic oxidation sites excluding steroid dienone is 4. The normalized spacial score (nSPS) is 15.8. The van der Waals surface area contributed by atoms with Gasteiger partial charge in [0.05, 0.1) is 22.1 Å². The Morgan fingerprint density at radius 1 is 0.412 bits per heavy atom. The van der Waals surface area contributed by atoms with Crippen LogP contribution >= 0.6 is 0 Å². The fourth-order valence-corrected chi connectivity index (χ4v) is 8.33. The first kappa shape index (κ1) is 29.5. The summed E-state index contributed by atoms with van der Waals surface area (Å²) in [6, 6.07) is 60.1. The monoisotopic (exact) mass is 652 g/mol. The molecule has 1 atom stereocenters. The van der Waals surface area contributed by atoms with Crippen LogP contribution in [-0.2, 0) is 5.54 Å². The molecule has 242 valence electrons. The Bertz CT molecular complexity index is 2830. The predicted octanol–water partition coefficient (Wildman–Crippen LogP) is 13.1. The lowest BCUT2D eigenvalue weighted by molar-refractivity contribution is 0.437. The van der Waals surface area contributed by atoms with Crippen LogP contribution in [0.1, 0.15) is 13.3 Å².